The first-order valence-corrected chi connectivity index (χ1v) is 11.4. The molecule has 0 atom stereocenters. The van der Waals surface area contributed by atoms with Crippen molar-refractivity contribution in [2.75, 3.05) is 39.5 Å². The third kappa shape index (κ3) is 6.03. The molecule has 0 unspecified atom stereocenters. The van der Waals surface area contributed by atoms with E-state index in [-0.39, 0.29) is 11.7 Å². The highest BCUT2D eigenvalue weighted by Gasteiger charge is 2.29. The van der Waals surface area contributed by atoms with Crippen LogP contribution in [0.25, 0.3) is 0 Å². The Labute approximate surface area is 151 Å². The Hall–Kier alpha value is -1.00. The summed E-state index contributed by atoms with van der Waals surface area (Å²) in [7, 11) is -3.67. The molecule has 1 aromatic carbocycles. The van der Waals surface area contributed by atoms with E-state index in [1.165, 1.54) is 22.7 Å². The Balaban J connectivity index is 1.76. The maximum absolute atomic E-state index is 12.1. The Kier molecular flexibility index (Phi) is 6.98. The van der Waals surface area contributed by atoms with E-state index in [2.05, 4.69) is 4.72 Å². The molecule has 1 saturated heterocycles. The molecular formula is C16H27N3O4S2. The molecule has 2 rings (SSSR count). The minimum Gasteiger partial charge on any atom is -0.215 e. The van der Waals surface area contributed by atoms with E-state index in [0.29, 0.717) is 38.9 Å². The first kappa shape index (κ1) is 20.3. The standard InChI is InChI=1S/C16H27N3O4S2/c1-18(2)25(22,23)19-11-8-16(9-12-19)14-17-24(20,21)13-10-15-6-4-3-5-7-15/h3-7,16-17H,8-14H2,1-2H3. The van der Waals surface area contributed by atoms with Crippen molar-refractivity contribution in [1.29, 1.82) is 0 Å². The van der Waals surface area contributed by atoms with E-state index >= 15 is 0 Å². The zero-order valence-corrected chi connectivity index (χ0v) is 16.4. The number of sulfonamides is 1. The third-order valence-electron chi connectivity index (χ3n) is 4.46. The molecule has 1 aliphatic heterocycles. The monoisotopic (exact) mass is 389 g/mol. The highest BCUT2D eigenvalue weighted by Crippen LogP contribution is 2.20. The molecule has 1 N–H and O–H groups in total. The fourth-order valence-electron chi connectivity index (χ4n) is 2.79. The number of nitrogens with one attached hydrogen (secondary N) is 1. The van der Waals surface area contributed by atoms with Crippen LogP contribution in [0.2, 0.25) is 0 Å². The highest BCUT2D eigenvalue weighted by atomic mass is 32.2. The normalized spacial score (nSPS) is 17.9. The van der Waals surface area contributed by atoms with Crippen LogP contribution in [-0.2, 0) is 26.7 Å². The second-order valence-corrected chi connectivity index (χ2v) is 10.6. The van der Waals surface area contributed by atoms with Crippen molar-refractivity contribution >= 4 is 20.2 Å². The predicted molar refractivity (Wildman–Crippen MR) is 98.8 cm³/mol. The smallest absolute Gasteiger partial charge is 0.215 e. The summed E-state index contributed by atoms with van der Waals surface area (Å²) in [6, 6.07) is 9.52. The van der Waals surface area contributed by atoms with Gasteiger partial charge < -0.3 is 0 Å². The van der Waals surface area contributed by atoms with Crippen LogP contribution in [0.4, 0.5) is 0 Å². The molecule has 1 heterocycles. The van der Waals surface area contributed by atoms with Crippen molar-refractivity contribution < 1.29 is 16.8 Å². The summed E-state index contributed by atoms with van der Waals surface area (Å²) in [6.45, 7) is 1.22. The van der Waals surface area contributed by atoms with E-state index in [9.17, 15) is 16.8 Å². The summed E-state index contributed by atoms with van der Waals surface area (Å²) in [4.78, 5) is 0. The van der Waals surface area contributed by atoms with Gasteiger partial charge in [0.1, 0.15) is 0 Å². The lowest BCUT2D eigenvalue weighted by Gasteiger charge is -2.32. The molecular weight excluding hydrogens is 362 g/mol. The molecule has 9 heteroatoms. The lowest BCUT2D eigenvalue weighted by molar-refractivity contribution is 0.263. The van der Waals surface area contributed by atoms with E-state index in [4.69, 9.17) is 0 Å². The van der Waals surface area contributed by atoms with E-state index in [1.54, 1.807) is 0 Å². The van der Waals surface area contributed by atoms with Crippen molar-refractivity contribution in [3.63, 3.8) is 0 Å². The average molecular weight is 390 g/mol. The minimum atomic E-state index is -3.38. The number of nitrogens with zero attached hydrogens (tertiary/aromatic N) is 2. The molecule has 0 aliphatic carbocycles. The van der Waals surface area contributed by atoms with Gasteiger partial charge in [0.25, 0.3) is 10.2 Å². The second kappa shape index (κ2) is 8.59. The maximum atomic E-state index is 12.1. The zero-order chi connectivity index (χ0) is 18.5. The first-order valence-electron chi connectivity index (χ1n) is 8.39. The zero-order valence-electron chi connectivity index (χ0n) is 14.8. The summed E-state index contributed by atoms with van der Waals surface area (Å²) >= 11 is 0. The molecule has 0 bridgehead atoms. The molecule has 0 radical (unpaired) electrons. The van der Waals surface area contributed by atoms with Gasteiger partial charge in [-0.1, -0.05) is 30.3 Å². The molecule has 0 saturated carbocycles. The Morgan fingerprint density at radius 2 is 1.68 bits per heavy atom. The van der Waals surface area contributed by atoms with Gasteiger partial charge in [0.15, 0.2) is 0 Å². The summed E-state index contributed by atoms with van der Waals surface area (Å²) in [5.41, 5.74) is 0.995. The number of benzene rings is 1. The van der Waals surface area contributed by atoms with Crippen molar-refractivity contribution in [3.05, 3.63) is 35.9 Å². The van der Waals surface area contributed by atoms with Crippen molar-refractivity contribution in [2.45, 2.75) is 19.3 Å². The van der Waals surface area contributed by atoms with Gasteiger partial charge >= 0.3 is 0 Å². The molecule has 1 fully saturated rings. The maximum Gasteiger partial charge on any atom is 0.281 e. The van der Waals surface area contributed by atoms with Gasteiger partial charge in [0.05, 0.1) is 5.75 Å². The Bertz CT molecular complexity index is 741. The summed E-state index contributed by atoms with van der Waals surface area (Å²) in [6.07, 6.45) is 1.80. The third-order valence-corrected chi connectivity index (χ3v) is 7.74. The number of piperidine rings is 1. The van der Waals surface area contributed by atoms with Crippen LogP contribution in [0.1, 0.15) is 18.4 Å². The quantitative estimate of drug-likeness (QED) is 0.708. The number of aryl methyl sites for hydroxylation is 1. The molecule has 0 aromatic heterocycles. The number of hydrogen-bond donors (Lipinski definition) is 1. The van der Waals surface area contributed by atoms with Crippen molar-refractivity contribution in [1.82, 2.24) is 13.3 Å². The summed E-state index contributed by atoms with van der Waals surface area (Å²) < 4.78 is 53.7. The van der Waals surface area contributed by atoms with Crippen LogP contribution < -0.4 is 4.72 Å². The van der Waals surface area contributed by atoms with Crippen LogP contribution in [0.15, 0.2) is 30.3 Å². The average Bonchev–Trinajstić information content (AvgIpc) is 2.59. The molecule has 1 aliphatic rings. The van der Waals surface area contributed by atoms with E-state index in [0.717, 1.165) is 5.56 Å². The van der Waals surface area contributed by atoms with E-state index in [1.807, 2.05) is 30.3 Å². The van der Waals surface area contributed by atoms with Crippen LogP contribution in [0.3, 0.4) is 0 Å². The Morgan fingerprint density at radius 1 is 1.08 bits per heavy atom. The van der Waals surface area contributed by atoms with Crippen LogP contribution in [-0.4, -0.2) is 64.9 Å². The van der Waals surface area contributed by atoms with Gasteiger partial charge in [0.2, 0.25) is 10.0 Å². The molecule has 25 heavy (non-hydrogen) atoms. The molecule has 7 nitrogen and oxygen atoms in total. The minimum absolute atomic E-state index is 0.0604. The molecule has 0 amide bonds. The molecule has 0 spiro atoms. The van der Waals surface area contributed by atoms with Crippen LogP contribution in [0.5, 0.6) is 0 Å². The van der Waals surface area contributed by atoms with Gasteiger partial charge in [-0.2, -0.15) is 17.0 Å². The number of hydrogen-bond acceptors (Lipinski definition) is 4. The van der Waals surface area contributed by atoms with Gasteiger partial charge in [-0.3, -0.25) is 0 Å². The summed E-state index contributed by atoms with van der Waals surface area (Å²) in [5.74, 6) is 0.227. The van der Waals surface area contributed by atoms with Gasteiger partial charge in [-0.15, -0.1) is 0 Å². The largest absolute Gasteiger partial charge is 0.281 e. The molecule has 142 valence electrons. The number of rotatable bonds is 8. The van der Waals surface area contributed by atoms with Crippen LogP contribution >= 0.6 is 0 Å². The lowest BCUT2D eigenvalue weighted by atomic mass is 9.99. The second-order valence-electron chi connectivity index (χ2n) is 6.54. The molecule has 1 aromatic rings. The van der Waals surface area contributed by atoms with Gasteiger partial charge in [-0.05, 0) is 30.7 Å². The van der Waals surface area contributed by atoms with Gasteiger partial charge in [-0.25, -0.2) is 13.1 Å². The predicted octanol–water partition coefficient (Wildman–Crippen LogP) is 0.667. The SMILES string of the molecule is CN(C)S(=O)(=O)N1CCC(CNS(=O)(=O)CCc2ccccc2)CC1. The summed E-state index contributed by atoms with van der Waals surface area (Å²) in [5, 5.41) is 0. The van der Waals surface area contributed by atoms with E-state index < -0.39 is 20.2 Å². The van der Waals surface area contributed by atoms with Crippen LogP contribution in [0, 0.1) is 5.92 Å². The lowest BCUT2D eigenvalue weighted by Crippen LogP contribution is -2.46. The Morgan fingerprint density at radius 3 is 2.24 bits per heavy atom. The first-order chi connectivity index (χ1) is 11.7. The van der Waals surface area contributed by atoms with Crippen molar-refractivity contribution in [2.24, 2.45) is 5.92 Å². The van der Waals surface area contributed by atoms with Crippen molar-refractivity contribution in [3.8, 4) is 0 Å². The van der Waals surface area contributed by atoms with Gasteiger partial charge in [0, 0.05) is 33.7 Å². The highest BCUT2D eigenvalue weighted by molar-refractivity contribution is 7.89. The fraction of sp³-hybridized carbons (Fsp3) is 0.625. The topological polar surface area (TPSA) is 86.8 Å². The fourth-order valence-corrected chi connectivity index (χ4v) is 5.06.